The third-order valence-corrected chi connectivity index (χ3v) is 4.47. The lowest BCUT2D eigenvalue weighted by Crippen LogP contribution is -2.59. The van der Waals surface area contributed by atoms with Crippen molar-refractivity contribution in [2.75, 3.05) is 19.7 Å². The molecule has 1 spiro atoms. The number of morpholine rings is 1. The van der Waals surface area contributed by atoms with E-state index < -0.39 is 0 Å². The molecule has 6 heteroatoms. The number of carbonyl (C=O) groups excluding carboxylic acids is 1. The van der Waals surface area contributed by atoms with E-state index in [9.17, 15) is 4.79 Å². The molecule has 3 heterocycles. The number of pyridine rings is 1. The van der Waals surface area contributed by atoms with Gasteiger partial charge in [-0.1, -0.05) is 11.6 Å². The highest BCUT2D eigenvalue weighted by Crippen LogP contribution is 2.34. The van der Waals surface area contributed by atoms with Gasteiger partial charge in [0.1, 0.15) is 0 Å². The van der Waals surface area contributed by atoms with Crippen LogP contribution in [0.4, 0.5) is 0 Å². The Balaban J connectivity index is 1.80. The molecule has 2 fully saturated rings. The second kappa shape index (κ2) is 6.14. The molecule has 5 nitrogen and oxygen atoms in total. The van der Waals surface area contributed by atoms with Crippen molar-refractivity contribution in [3.63, 3.8) is 0 Å². The fraction of sp³-hybridized carbons (Fsp3) is 0.625. The van der Waals surface area contributed by atoms with Crippen molar-refractivity contribution in [1.29, 1.82) is 0 Å². The van der Waals surface area contributed by atoms with Crippen molar-refractivity contribution in [2.45, 2.75) is 44.5 Å². The Bertz CT molecular complexity index is 564. The Morgan fingerprint density at radius 1 is 1.41 bits per heavy atom. The van der Waals surface area contributed by atoms with Gasteiger partial charge >= 0.3 is 0 Å². The first-order valence-electron chi connectivity index (χ1n) is 7.67. The molecule has 2 aliphatic heterocycles. The molecular formula is C16H21ClN2O3. The predicted molar refractivity (Wildman–Crippen MR) is 83.1 cm³/mol. The fourth-order valence-electron chi connectivity index (χ4n) is 3.47. The first-order valence-corrected chi connectivity index (χ1v) is 8.04. The van der Waals surface area contributed by atoms with E-state index >= 15 is 0 Å². The molecule has 0 unspecified atom stereocenters. The van der Waals surface area contributed by atoms with Crippen molar-refractivity contribution in [3.05, 3.63) is 29.0 Å². The Morgan fingerprint density at radius 3 is 2.95 bits per heavy atom. The van der Waals surface area contributed by atoms with E-state index in [1.165, 1.54) is 6.20 Å². The highest BCUT2D eigenvalue weighted by molar-refractivity contribution is 6.30. The van der Waals surface area contributed by atoms with Crippen LogP contribution in [-0.2, 0) is 9.47 Å². The van der Waals surface area contributed by atoms with Gasteiger partial charge < -0.3 is 14.4 Å². The molecule has 3 atom stereocenters. The van der Waals surface area contributed by atoms with Crippen molar-refractivity contribution >= 4 is 17.5 Å². The van der Waals surface area contributed by atoms with Crippen molar-refractivity contribution < 1.29 is 14.3 Å². The van der Waals surface area contributed by atoms with E-state index in [1.54, 1.807) is 12.3 Å². The standard InChI is InChI=1S/C16H21ClN2O3/c1-11-6-16(3-4-21-11)10-19(9-12(2)22-16)15(20)13-5-14(17)8-18-7-13/h5,7-8,11-12H,3-4,6,9-10H2,1-2H3/t11-,12+,16-/m1/s1. The van der Waals surface area contributed by atoms with Gasteiger partial charge in [0.25, 0.3) is 5.91 Å². The number of hydrogen-bond acceptors (Lipinski definition) is 4. The average Bonchev–Trinajstić information content (AvgIpc) is 2.45. The van der Waals surface area contributed by atoms with Crippen LogP contribution < -0.4 is 0 Å². The number of hydrogen-bond donors (Lipinski definition) is 0. The molecule has 2 saturated heterocycles. The van der Waals surface area contributed by atoms with E-state index in [4.69, 9.17) is 21.1 Å². The summed E-state index contributed by atoms with van der Waals surface area (Å²) in [5, 5.41) is 0.474. The predicted octanol–water partition coefficient (Wildman–Crippen LogP) is 2.53. The summed E-state index contributed by atoms with van der Waals surface area (Å²) < 4.78 is 11.8. The molecule has 1 aromatic heterocycles. The van der Waals surface area contributed by atoms with Gasteiger partial charge in [-0.05, 0) is 19.9 Å². The van der Waals surface area contributed by atoms with Gasteiger partial charge in [0.05, 0.1) is 34.9 Å². The second-order valence-corrected chi connectivity index (χ2v) is 6.76. The average molecular weight is 325 g/mol. The summed E-state index contributed by atoms with van der Waals surface area (Å²) in [6.07, 6.45) is 4.89. The first kappa shape index (κ1) is 15.7. The third kappa shape index (κ3) is 3.26. The van der Waals surface area contributed by atoms with Gasteiger partial charge in [0, 0.05) is 38.4 Å². The van der Waals surface area contributed by atoms with Gasteiger partial charge in [-0.15, -0.1) is 0 Å². The first-order chi connectivity index (χ1) is 10.5. The topological polar surface area (TPSA) is 51.7 Å². The lowest BCUT2D eigenvalue weighted by molar-refractivity contribution is -0.189. The molecule has 1 amide bonds. The zero-order chi connectivity index (χ0) is 15.7. The highest BCUT2D eigenvalue weighted by Gasteiger charge is 2.44. The Kier molecular flexibility index (Phi) is 4.39. The van der Waals surface area contributed by atoms with E-state index in [0.717, 1.165) is 12.8 Å². The molecule has 2 aliphatic rings. The number of rotatable bonds is 1. The van der Waals surface area contributed by atoms with Crippen LogP contribution in [0.25, 0.3) is 0 Å². The summed E-state index contributed by atoms with van der Waals surface area (Å²) in [5.74, 6) is -0.0383. The summed E-state index contributed by atoms with van der Waals surface area (Å²) in [5.41, 5.74) is 0.230. The van der Waals surface area contributed by atoms with E-state index in [2.05, 4.69) is 11.9 Å². The summed E-state index contributed by atoms with van der Waals surface area (Å²) in [7, 11) is 0. The minimum absolute atomic E-state index is 0.00939. The number of halogens is 1. The second-order valence-electron chi connectivity index (χ2n) is 6.32. The lowest BCUT2D eigenvalue weighted by atomic mass is 9.88. The molecule has 120 valence electrons. The van der Waals surface area contributed by atoms with E-state index in [1.807, 2.05) is 11.8 Å². The fourth-order valence-corrected chi connectivity index (χ4v) is 3.65. The molecule has 0 aromatic carbocycles. The molecule has 0 saturated carbocycles. The summed E-state index contributed by atoms with van der Waals surface area (Å²) in [4.78, 5) is 18.6. The SMILES string of the molecule is C[C@@H]1C[C@]2(CCO1)CN(C(=O)c1cncc(Cl)c1)C[C@H](C)O2. The summed E-state index contributed by atoms with van der Waals surface area (Å²) in [6, 6.07) is 1.66. The van der Waals surface area contributed by atoms with Gasteiger partial charge in [0.2, 0.25) is 0 Å². The Morgan fingerprint density at radius 2 is 2.23 bits per heavy atom. The zero-order valence-corrected chi connectivity index (χ0v) is 13.7. The van der Waals surface area contributed by atoms with Crippen molar-refractivity contribution in [1.82, 2.24) is 9.88 Å². The molecule has 3 rings (SSSR count). The molecule has 22 heavy (non-hydrogen) atoms. The highest BCUT2D eigenvalue weighted by atomic mass is 35.5. The van der Waals surface area contributed by atoms with Crippen LogP contribution in [-0.4, -0.2) is 53.3 Å². The van der Waals surface area contributed by atoms with Crippen LogP contribution in [0.3, 0.4) is 0 Å². The quantitative estimate of drug-likeness (QED) is 0.796. The van der Waals surface area contributed by atoms with Crippen molar-refractivity contribution in [3.8, 4) is 0 Å². The summed E-state index contributed by atoms with van der Waals surface area (Å²) in [6.45, 7) is 5.92. The Labute approximate surface area is 135 Å². The molecular weight excluding hydrogens is 304 g/mol. The molecule has 0 radical (unpaired) electrons. The van der Waals surface area contributed by atoms with Gasteiger partial charge in [0.15, 0.2) is 0 Å². The minimum Gasteiger partial charge on any atom is -0.378 e. The van der Waals surface area contributed by atoms with Crippen LogP contribution in [0.2, 0.25) is 5.02 Å². The maximum absolute atomic E-state index is 12.7. The molecule has 1 aromatic rings. The monoisotopic (exact) mass is 324 g/mol. The van der Waals surface area contributed by atoms with Gasteiger partial charge in [-0.2, -0.15) is 0 Å². The zero-order valence-electron chi connectivity index (χ0n) is 12.9. The van der Waals surface area contributed by atoms with Gasteiger partial charge in [-0.3, -0.25) is 9.78 Å². The lowest BCUT2D eigenvalue weighted by Gasteiger charge is -2.48. The smallest absolute Gasteiger partial charge is 0.255 e. The summed E-state index contributed by atoms with van der Waals surface area (Å²) >= 11 is 5.94. The molecule has 0 N–H and O–H groups in total. The maximum atomic E-state index is 12.7. The van der Waals surface area contributed by atoms with Crippen LogP contribution >= 0.6 is 11.6 Å². The Hall–Kier alpha value is -1.17. The number of ether oxygens (including phenoxy) is 2. The van der Waals surface area contributed by atoms with E-state index in [-0.39, 0.29) is 23.7 Å². The van der Waals surface area contributed by atoms with Crippen LogP contribution in [0.5, 0.6) is 0 Å². The molecule has 0 aliphatic carbocycles. The number of nitrogens with zero attached hydrogens (tertiary/aromatic N) is 2. The van der Waals surface area contributed by atoms with Crippen LogP contribution in [0.15, 0.2) is 18.5 Å². The molecule has 0 bridgehead atoms. The van der Waals surface area contributed by atoms with Crippen LogP contribution in [0.1, 0.15) is 37.0 Å². The van der Waals surface area contributed by atoms with Gasteiger partial charge in [-0.25, -0.2) is 0 Å². The number of amides is 1. The van der Waals surface area contributed by atoms with Crippen LogP contribution in [0, 0.1) is 0 Å². The van der Waals surface area contributed by atoms with E-state index in [0.29, 0.717) is 30.3 Å². The maximum Gasteiger partial charge on any atom is 0.255 e. The third-order valence-electron chi connectivity index (χ3n) is 4.27. The minimum atomic E-state index is -0.295. The van der Waals surface area contributed by atoms with Crippen molar-refractivity contribution in [2.24, 2.45) is 0 Å². The number of carbonyl (C=O) groups is 1. The largest absolute Gasteiger partial charge is 0.378 e. The normalized spacial score (nSPS) is 32.2. The number of aromatic nitrogens is 1.